The van der Waals surface area contributed by atoms with E-state index in [1.54, 1.807) is 22.3 Å². The topological polar surface area (TPSA) is 91.4 Å². The Labute approximate surface area is 311 Å². The van der Waals surface area contributed by atoms with Crippen molar-refractivity contribution in [1.82, 2.24) is 15.2 Å². The molecule has 0 saturated carbocycles. The van der Waals surface area contributed by atoms with Gasteiger partial charge < -0.3 is 14.5 Å². The van der Waals surface area contributed by atoms with E-state index in [1.165, 1.54) is 12.1 Å². The molecule has 0 bridgehead atoms. The van der Waals surface area contributed by atoms with Gasteiger partial charge in [0.2, 0.25) is 0 Å². The number of aromatic nitrogens is 3. The number of fused-ring (bicyclic) bond motifs is 4. The zero-order chi connectivity index (χ0) is 36.1. The van der Waals surface area contributed by atoms with E-state index in [4.69, 9.17) is 9.72 Å². The zero-order valence-corrected chi connectivity index (χ0v) is 30.5. The lowest BCUT2D eigenvalue weighted by molar-refractivity contribution is -0.000515. The average Bonchev–Trinajstić information content (AvgIpc) is 3.79. The van der Waals surface area contributed by atoms with Crippen LogP contribution in [0.15, 0.2) is 85.2 Å². The first kappa shape index (κ1) is 33.6. The van der Waals surface area contributed by atoms with E-state index in [-0.39, 0.29) is 17.5 Å². The summed E-state index contributed by atoms with van der Waals surface area (Å²) in [4.78, 5) is 38.4. The Bertz CT molecular complexity index is 2350. The van der Waals surface area contributed by atoms with Gasteiger partial charge >= 0.3 is 0 Å². The third kappa shape index (κ3) is 6.44. The van der Waals surface area contributed by atoms with Gasteiger partial charge in [0.15, 0.2) is 5.78 Å². The van der Waals surface area contributed by atoms with Crippen LogP contribution >= 0.6 is 11.3 Å². The molecule has 1 N–H and O–H groups in total. The lowest BCUT2D eigenvalue weighted by Gasteiger charge is -2.53. The van der Waals surface area contributed by atoms with Crippen LogP contribution in [0.5, 0.6) is 0 Å². The Hall–Kier alpha value is -5.19. The number of carbonyl (C=O) groups excluding carboxylic acids is 2. The molecule has 0 radical (unpaired) electrons. The summed E-state index contributed by atoms with van der Waals surface area (Å²) in [5.41, 5.74) is 8.28. The summed E-state index contributed by atoms with van der Waals surface area (Å²) in [6.07, 6.45) is 8.29. The van der Waals surface area contributed by atoms with E-state index >= 15 is 0 Å². The predicted molar refractivity (Wildman–Crippen MR) is 208 cm³/mol. The Morgan fingerprint density at radius 1 is 0.981 bits per heavy atom. The van der Waals surface area contributed by atoms with Crippen molar-refractivity contribution in [2.24, 2.45) is 5.41 Å². The number of benzene rings is 3. The molecule has 3 aromatic heterocycles. The van der Waals surface area contributed by atoms with Gasteiger partial charge in [0, 0.05) is 77.1 Å². The van der Waals surface area contributed by atoms with Gasteiger partial charge in [-0.2, -0.15) is 5.10 Å². The van der Waals surface area contributed by atoms with Gasteiger partial charge in [-0.15, -0.1) is 11.3 Å². The fraction of sp³-hybridized carbons (Fsp3) is 0.302. The Kier molecular flexibility index (Phi) is 8.67. The highest BCUT2D eigenvalue weighted by molar-refractivity contribution is 7.19. The highest BCUT2D eigenvalue weighted by atomic mass is 32.1. The number of ether oxygens (including phenoxy) is 1. The molecule has 2 fully saturated rings. The molecule has 3 aliphatic heterocycles. The fourth-order valence-corrected chi connectivity index (χ4v) is 9.42. The molecule has 268 valence electrons. The number of Topliss-reactive ketones (excluding diaryl/α,β-unsaturated/α-hetero) is 1. The van der Waals surface area contributed by atoms with E-state index in [0.717, 1.165) is 99.9 Å². The fourth-order valence-electron chi connectivity index (χ4n) is 8.18. The molecule has 3 aliphatic rings. The van der Waals surface area contributed by atoms with E-state index in [1.807, 2.05) is 55.7 Å². The molecule has 0 atom stereocenters. The third-order valence-electron chi connectivity index (χ3n) is 11.2. The number of hydrogen-bond donors (Lipinski definition) is 1. The average molecular weight is 726 g/mol. The molecule has 3 aromatic carbocycles. The number of ketones is 1. The van der Waals surface area contributed by atoms with Crippen LogP contribution < -0.4 is 9.80 Å². The first-order valence-corrected chi connectivity index (χ1v) is 19.2. The third-order valence-corrected chi connectivity index (χ3v) is 12.4. The smallest absolute Gasteiger partial charge is 0.258 e. The van der Waals surface area contributed by atoms with Crippen molar-refractivity contribution in [2.45, 2.75) is 45.4 Å². The molecule has 6 aromatic rings. The van der Waals surface area contributed by atoms with Gasteiger partial charge in [0.05, 0.1) is 23.0 Å². The van der Waals surface area contributed by atoms with E-state index in [0.29, 0.717) is 48.0 Å². The molecule has 53 heavy (non-hydrogen) atoms. The molecule has 2 saturated heterocycles. The van der Waals surface area contributed by atoms with Crippen LogP contribution in [-0.2, 0) is 17.6 Å². The predicted octanol–water partition coefficient (Wildman–Crippen LogP) is 8.83. The number of carbonyl (C=O) groups is 2. The Morgan fingerprint density at radius 3 is 2.64 bits per heavy atom. The van der Waals surface area contributed by atoms with Crippen LogP contribution in [0.1, 0.15) is 63.1 Å². The second-order valence-electron chi connectivity index (χ2n) is 14.8. The standard InChI is InChI=1S/C43H40FN5O3S/c1-27-19-35(41(45-23-27)48-25-43(26-48)14-17-52-18-15-43)38(50)4-2-3-28-5-7-29(8-6-28)42(51)49-16-13-31-21-39(30-9-12-36-32(20-30)24-46-47-36)53-40(31)34-11-10-33(44)22-37(34)49/h5-12,19-24H,2-4,13-18,25-26H2,1H3,(H,46,47). The highest BCUT2D eigenvalue weighted by Crippen LogP contribution is 2.46. The number of pyridine rings is 1. The molecule has 6 heterocycles. The van der Waals surface area contributed by atoms with Crippen LogP contribution in [-0.4, -0.2) is 59.7 Å². The quantitative estimate of drug-likeness (QED) is 0.158. The molecule has 9 rings (SSSR count). The minimum absolute atomic E-state index is 0.114. The number of halogens is 1. The number of thiophene rings is 1. The summed E-state index contributed by atoms with van der Waals surface area (Å²) < 4.78 is 20.3. The molecule has 0 aliphatic carbocycles. The van der Waals surface area contributed by atoms with E-state index in [9.17, 15) is 14.0 Å². The van der Waals surface area contributed by atoms with E-state index in [2.05, 4.69) is 33.3 Å². The lowest BCUT2D eigenvalue weighted by atomic mass is 9.73. The largest absolute Gasteiger partial charge is 0.381 e. The van der Waals surface area contributed by atoms with Gasteiger partial charge in [-0.25, -0.2) is 9.37 Å². The van der Waals surface area contributed by atoms with Gasteiger partial charge in [-0.3, -0.25) is 14.7 Å². The first-order chi connectivity index (χ1) is 25.8. The van der Waals surface area contributed by atoms with Crippen LogP contribution in [0.4, 0.5) is 15.9 Å². The maximum absolute atomic E-state index is 14.8. The van der Waals surface area contributed by atoms with Crippen LogP contribution in [0.2, 0.25) is 0 Å². The van der Waals surface area contributed by atoms with Crippen molar-refractivity contribution in [2.75, 3.05) is 42.6 Å². The van der Waals surface area contributed by atoms with Crippen LogP contribution in [0.25, 0.3) is 31.8 Å². The van der Waals surface area contributed by atoms with Gasteiger partial charge in [-0.05, 0) is 116 Å². The molecule has 0 unspecified atom stereocenters. The second-order valence-corrected chi connectivity index (χ2v) is 15.9. The number of amides is 1. The molecule has 1 amide bonds. The normalized spacial score (nSPS) is 16.3. The maximum atomic E-state index is 14.8. The van der Waals surface area contributed by atoms with Crippen molar-refractivity contribution in [3.05, 3.63) is 119 Å². The van der Waals surface area contributed by atoms with Crippen molar-refractivity contribution >= 4 is 45.4 Å². The van der Waals surface area contributed by atoms with Crippen molar-refractivity contribution in [3.63, 3.8) is 0 Å². The van der Waals surface area contributed by atoms with E-state index < -0.39 is 0 Å². The number of aromatic amines is 1. The summed E-state index contributed by atoms with van der Waals surface area (Å²) in [7, 11) is 0. The molecule has 10 heteroatoms. The summed E-state index contributed by atoms with van der Waals surface area (Å²) in [5, 5.41) is 8.20. The maximum Gasteiger partial charge on any atom is 0.258 e. The van der Waals surface area contributed by atoms with Crippen LogP contribution in [0, 0.1) is 18.2 Å². The number of aryl methyl sites for hydroxylation is 2. The van der Waals surface area contributed by atoms with Gasteiger partial charge in [0.1, 0.15) is 11.6 Å². The van der Waals surface area contributed by atoms with Gasteiger partial charge in [-0.1, -0.05) is 18.2 Å². The number of nitrogens with zero attached hydrogens (tertiary/aromatic N) is 4. The minimum Gasteiger partial charge on any atom is -0.381 e. The van der Waals surface area contributed by atoms with Crippen molar-refractivity contribution < 1.29 is 18.7 Å². The molecular weight excluding hydrogens is 686 g/mol. The van der Waals surface area contributed by atoms with Crippen LogP contribution in [0.3, 0.4) is 0 Å². The summed E-state index contributed by atoms with van der Waals surface area (Å²) in [6.45, 7) is 5.89. The van der Waals surface area contributed by atoms with Crippen molar-refractivity contribution in [3.8, 4) is 20.9 Å². The summed E-state index contributed by atoms with van der Waals surface area (Å²) in [5.74, 6) is 0.382. The minimum atomic E-state index is -0.376. The second kappa shape index (κ2) is 13.7. The number of nitrogens with one attached hydrogen (secondary N) is 1. The Balaban J connectivity index is 0.870. The van der Waals surface area contributed by atoms with Gasteiger partial charge in [0.25, 0.3) is 5.91 Å². The molecular formula is C43H40FN5O3S. The monoisotopic (exact) mass is 725 g/mol. The highest BCUT2D eigenvalue weighted by Gasteiger charge is 2.45. The SMILES string of the molecule is Cc1cnc(N2CC3(CCOCC3)C2)c(C(=O)CCCc2ccc(C(=O)N3CCc4cc(-c5ccc6[nH]ncc6c5)sc4-c4ccc(F)cc43)cc2)c1. The number of hydrogen-bond acceptors (Lipinski definition) is 7. The number of rotatable bonds is 8. The summed E-state index contributed by atoms with van der Waals surface area (Å²) >= 11 is 1.67. The molecule has 1 spiro atoms. The number of H-pyrrole nitrogens is 1. The lowest BCUT2D eigenvalue weighted by Crippen LogP contribution is -2.59. The molecule has 8 nitrogen and oxygen atoms in total. The number of anilines is 2. The summed E-state index contributed by atoms with van der Waals surface area (Å²) in [6, 6.07) is 22.8. The van der Waals surface area contributed by atoms with Crippen molar-refractivity contribution in [1.29, 1.82) is 0 Å². The first-order valence-electron chi connectivity index (χ1n) is 18.4. The Morgan fingerprint density at radius 2 is 1.81 bits per heavy atom. The zero-order valence-electron chi connectivity index (χ0n) is 29.7.